The van der Waals surface area contributed by atoms with E-state index in [1.807, 2.05) is 0 Å². The molecule has 6 heteroatoms. The highest BCUT2D eigenvalue weighted by atomic mass is 32.2. The van der Waals surface area contributed by atoms with Gasteiger partial charge in [0, 0.05) is 0 Å². The van der Waals surface area contributed by atoms with E-state index < -0.39 is 10.0 Å². The van der Waals surface area contributed by atoms with E-state index >= 15 is 0 Å². The first-order valence-corrected chi connectivity index (χ1v) is 6.40. The molecule has 0 heterocycles. The SMILES string of the molecule is COc1c(NS(C)(=O)=O)cccc1C(C)=O. The van der Waals surface area contributed by atoms with Gasteiger partial charge in [0.15, 0.2) is 11.5 Å². The zero-order chi connectivity index (χ0) is 12.3. The van der Waals surface area contributed by atoms with E-state index in [1.165, 1.54) is 20.1 Å². The van der Waals surface area contributed by atoms with Gasteiger partial charge in [-0.1, -0.05) is 6.07 Å². The zero-order valence-corrected chi connectivity index (χ0v) is 10.1. The number of hydrogen-bond donors (Lipinski definition) is 1. The molecule has 88 valence electrons. The van der Waals surface area contributed by atoms with Crippen LogP contribution in [0.1, 0.15) is 17.3 Å². The molecule has 1 aromatic carbocycles. The van der Waals surface area contributed by atoms with Crippen LogP contribution in [-0.2, 0) is 10.0 Å². The minimum absolute atomic E-state index is 0.186. The Kier molecular flexibility index (Phi) is 3.54. The van der Waals surface area contributed by atoms with Crippen LogP contribution in [0.2, 0.25) is 0 Å². The summed E-state index contributed by atoms with van der Waals surface area (Å²) in [5, 5.41) is 0. The number of ether oxygens (including phenoxy) is 1. The quantitative estimate of drug-likeness (QED) is 0.808. The van der Waals surface area contributed by atoms with Crippen molar-refractivity contribution >= 4 is 21.5 Å². The van der Waals surface area contributed by atoms with E-state index in [4.69, 9.17) is 4.74 Å². The predicted molar refractivity (Wildman–Crippen MR) is 61.5 cm³/mol. The van der Waals surface area contributed by atoms with Gasteiger partial charge in [-0.25, -0.2) is 8.42 Å². The summed E-state index contributed by atoms with van der Waals surface area (Å²) in [6.45, 7) is 1.39. The van der Waals surface area contributed by atoms with E-state index in [0.717, 1.165) is 6.26 Å². The molecule has 0 aromatic heterocycles. The highest BCUT2D eigenvalue weighted by Gasteiger charge is 2.14. The topological polar surface area (TPSA) is 72.5 Å². The molecule has 1 N–H and O–H groups in total. The Morgan fingerprint density at radius 2 is 2.00 bits per heavy atom. The van der Waals surface area contributed by atoms with Crippen LogP contribution in [0.25, 0.3) is 0 Å². The third-order valence-corrected chi connectivity index (χ3v) is 2.48. The molecule has 16 heavy (non-hydrogen) atoms. The van der Waals surface area contributed by atoms with Crippen LogP contribution in [0, 0.1) is 0 Å². The molecule has 0 aliphatic heterocycles. The Morgan fingerprint density at radius 3 is 2.44 bits per heavy atom. The summed E-state index contributed by atoms with van der Waals surface area (Å²) in [5.74, 6) is 0.0504. The molecule has 0 amide bonds. The number of nitrogens with one attached hydrogen (secondary N) is 1. The van der Waals surface area contributed by atoms with Crippen molar-refractivity contribution in [1.82, 2.24) is 0 Å². The van der Waals surface area contributed by atoms with Crippen molar-refractivity contribution in [3.63, 3.8) is 0 Å². The number of benzene rings is 1. The molecule has 0 saturated carbocycles. The van der Waals surface area contributed by atoms with Crippen molar-refractivity contribution in [1.29, 1.82) is 0 Å². The van der Waals surface area contributed by atoms with Crippen molar-refractivity contribution in [2.45, 2.75) is 6.92 Å². The smallest absolute Gasteiger partial charge is 0.229 e. The lowest BCUT2D eigenvalue weighted by Crippen LogP contribution is -2.11. The second kappa shape index (κ2) is 4.52. The van der Waals surface area contributed by atoms with Crippen molar-refractivity contribution in [2.75, 3.05) is 18.1 Å². The molecule has 0 aliphatic carbocycles. The van der Waals surface area contributed by atoms with Crippen molar-refractivity contribution < 1.29 is 17.9 Å². The summed E-state index contributed by atoms with van der Waals surface area (Å²) >= 11 is 0. The molecule has 1 aromatic rings. The lowest BCUT2D eigenvalue weighted by Gasteiger charge is -2.12. The van der Waals surface area contributed by atoms with Gasteiger partial charge in [0.25, 0.3) is 0 Å². The molecule has 5 nitrogen and oxygen atoms in total. The highest BCUT2D eigenvalue weighted by molar-refractivity contribution is 7.92. The molecule has 0 fully saturated rings. The lowest BCUT2D eigenvalue weighted by atomic mass is 10.1. The number of carbonyl (C=O) groups is 1. The Morgan fingerprint density at radius 1 is 1.38 bits per heavy atom. The van der Waals surface area contributed by atoms with Crippen LogP contribution in [0.15, 0.2) is 18.2 Å². The number of ketones is 1. The van der Waals surface area contributed by atoms with Gasteiger partial charge in [-0.05, 0) is 19.1 Å². The molecule has 0 bridgehead atoms. The number of hydrogen-bond acceptors (Lipinski definition) is 4. The normalized spacial score (nSPS) is 10.9. The van der Waals surface area contributed by atoms with Crippen LogP contribution in [-0.4, -0.2) is 27.6 Å². The molecule has 0 atom stereocenters. The molecule has 0 aliphatic rings. The summed E-state index contributed by atoms with van der Waals surface area (Å²) in [4.78, 5) is 11.3. The van der Waals surface area contributed by atoms with E-state index in [0.29, 0.717) is 5.56 Å². The molecule has 0 spiro atoms. The number of Topliss-reactive ketones (excluding diaryl/α,β-unsaturated/α-hetero) is 1. The third kappa shape index (κ3) is 2.96. The van der Waals surface area contributed by atoms with E-state index in [-0.39, 0.29) is 17.2 Å². The summed E-state index contributed by atoms with van der Waals surface area (Å²) in [6.07, 6.45) is 1.03. The second-order valence-electron chi connectivity index (χ2n) is 3.32. The Hall–Kier alpha value is -1.56. The number of methoxy groups -OCH3 is 1. The largest absolute Gasteiger partial charge is 0.494 e. The number of anilines is 1. The lowest BCUT2D eigenvalue weighted by molar-refractivity contribution is 0.101. The monoisotopic (exact) mass is 243 g/mol. The molecule has 0 saturated heterocycles. The van der Waals surface area contributed by atoms with Gasteiger partial charge < -0.3 is 4.74 Å². The minimum Gasteiger partial charge on any atom is -0.494 e. The van der Waals surface area contributed by atoms with Crippen LogP contribution in [0.3, 0.4) is 0 Å². The number of sulfonamides is 1. The summed E-state index contributed by atoms with van der Waals surface area (Å²) in [7, 11) is -2.01. The second-order valence-corrected chi connectivity index (χ2v) is 5.07. The fraction of sp³-hybridized carbons (Fsp3) is 0.300. The minimum atomic E-state index is -3.39. The third-order valence-electron chi connectivity index (χ3n) is 1.89. The first-order chi connectivity index (χ1) is 7.35. The van der Waals surface area contributed by atoms with Crippen LogP contribution in [0.5, 0.6) is 5.75 Å². The van der Waals surface area contributed by atoms with Gasteiger partial charge in [-0.3, -0.25) is 9.52 Å². The van der Waals surface area contributed by atoms with Gasteiger partial charge in [0.2, 0.25) is 10.0 Å². The predicted octanol–water partition coefficient (Wildman–Crippen LogP) is 1.27. The highest BCUT2D eigenvalue weighted by Crippen LogP contribution is 2.29. The van der Waals surface area contributed by atoms with Crippen LogP contribution < -0.4 is 9.46 Å². The van der Waals surface area contributed by atoms with Gasteiger partial charge in [-0.15, -0.1) is 0 Å². The Labute approximate surface area is 94.5 Å². The maximum atomic E-state index is 11.3. The first kappa shape index (κ1) is 12.5. The van der Waals surface area contributed by atoms with E-state index in [9.17, 15) is 13.2 Å². The van der Waals surface area contributed by atoms with Gasteiger partial charge in [0.1, 0.15) is 0 Å². The van der Waals surface area contributed by atoms with Gasteiger partial charge >= 0.3 is 0 Å². The molecule has 0 radical (unpaired) electrons. The number of rotatable bonds is 4. The van der Waals surface area contributed by atoms with Crippen molar-refractivity contribution in [3.8, 4) is 5.75 Å². The summed E-state index contributed by atoms with van der Waals surface area (Å²) in [6, 6.07) is 4.70. The van der Waals surface area contributed by atoms with E-state index in [2.05, 4.69) is 4.72 Å². The molecular formula is C10H13NO4S. The van der Waals surface area contributed by atoms with Crippen LogP contribution >= 0.6 is 0 Å². The number of para-hydroxylation sites is 1. The maximum Gasteiger partial charge on any atom is 0.229 e. The zero-order valence-electron chi connectivity index (χ0n) is 9.27. The van der Waals surface area contributed by atoms with Crippen LogP contribution in [0.4, 0.5) is 5.69 Å². The first-order valence-electron chi connectivity index (χ1n) is 4.51. The molecule has 1 rings (SSSR count). The Balaban J connectivity index is 3.30. The molecular weight excluding hydrogens is 230 g/mol. The van der Waals surface area contributed by atoms with Crippen molar-refractivity contribution in [2.24, 2.45) is 0 Å². The Bertz CT molecular complexity index is 508. The summed E-state index contributed by atoms with van der Waals surface area (Å²) < 4.78 is 29.5. The average Bonchev–Trinajstić information content (AvgIpc) is 2.14. The van der Waals surface area contributed by atoms with Crippen molar-refractivity contribution in [3.05, 3.63) is 23.8 Å². The standard InChI is InChI=1S/C10H13NO4S/c1-7(12)8-5-4-6-9(10(8)15-2)11-16(3,13)14/h4-6,11H,1-3H3. The fourth-order valence-electron chi connectivity index (χ4n) is 1.31. The summed E-state index contributed by atoms with van der Waals surface area (Å²) in [5.41, 5.74) is 0.605. The van der Waals surface area contributed by atoms with Gasteiger partial charge in [-0.2, -0.15) is 0 Å². The van der Waals surface area contributed by atoms with Gasteiger partial charge in [0.05, 0.1) is 24.6 Å². The maximum absolute atomic E-state index is 11.3. The average molecular weight is 243 g/mol. The fourth-order valence-corrected chi connectivity index (χ4v) is 1.87. The van der Waals surface area contributed by atoms with E-state index in [1.54, 1.807) is 12.1 Å². The number of carbonyl (C=O) groups excluding carboxylic acids is 1. The molecule has 0 unspecified atom stereocenters.